The second-order valence-electron chi connectivity index (χ2n) is 3.60. The van der Waals surface area contributed by atoms with Gasteiger partial charge in [0, 0.05) is 6.20 Å². The van der Waals surface area contributed by atoms with E-state index in [9.17, 15) is 0 Å². The summed E-state index contributed by atoms with van der Waals surface area (Å²) in [5, 5.41) is 0. The molecule has 4 heteroatoms. The molecular formula is C11H14BrN3. The van der Waals surface area contributed by atoms with Crippen LogP contribution in [0.2, 0.25) is 0 Å². The highest BCUT2D eigenvalue weighted by atomic mass is 79.9. The number of pyridine rings is 1. The van der Waals surface area contributed by atoms with Crippen LogP contribution in [0.5, 0.6) is 0 Å². The molecule has 2 N–H and O–H groups in total. The van der Waals surface area contributed by atoms with Crippen LogP contribution < -0.4 is 5.73 Å². The van der Waals surface area contributed by atoms with Gasteiger partial charge in [-0.3, -0.25) is 4.40 Å². The molecule has 0 saturated carbocycles. The van der Waals surface area contributed by atoms with Gasteiger partial charge >= 0.3 is 0 Å². The average Bonchev–Trinajstić information content (AvgIpc) is 2.55. The molecule has 0 bridgehead atoms. The van der Waals surface area contributed by atoms with Gasteiger partial charge in [-0.25, -0.2) is 4.98 Å². The number of anilines is 1. The number of nitrogen functional groups attached to an aromatic ring is 1. The Balaban J connectivity index is 2.49. The van der Waals surface area contributed by atoms with Gasteiger partial charge in [0.15, 0.2) is 5.65 Å². The van der Waals surface area contributed by atoms with E-state index in [0.717, 1.165) is 40.9 Å². The van der Waals surface area contributed by atoms with E-state index in [4.69, 9.17) is 5.73 Å². The number of halogens is 1. The third kappa shape index (κ3) is 1.86. The van der Waals surface area contributed by atoms with Crippen molar-refractivity contribution in [2.24, 2.45) is 0 Å². The third-order valence-electron chi connectivity index (χ3n) is 2.48. The second-order valence-corrected chi connectivity index (χ2v) is 4.45. The fraction of sp³-hybridized carbons (Fsp3) is 0.364. The van der Waals surface area contributed by atoms with Crippen LogP contribution >= 0.6 is 15.9 Å². The molecule has 80 valence electrons. The summed E-state index contributed by atoms with van der Waals surface area (Å²) in [6, 6.07) is 3.93. The van der Waals surface area contributed by atoms with E-state index in [1.807, 2.05) is 22.7 Å². The molecule has 0 spiro atoms. The van der Waals surface area contributed by atoms with E-state index >= 15 is 0 Å². The Morgan fingerprint density at radius 3 is 3.00 bits per heavy atom. The zero-order valence-electron chi connectivity index (χ0n) is 8.70. The minimum atomic E-state index is 0.764. The molecule has 0 aromatic carbocycles. The molecule has 2 rings (SSSR count). The molecule has 0 atom stereocenters. The molecule has 0 fully saturated rings. The molecule has 0 amide bonds. The summed E-state index contributed by atoms with van der Waals surface area (Å²) in [4.78, 5) is 4.54. The van der Waals surface area contributed by atoms with Gasteiger partial charge in [0.2, 0.25) is 0 Å². The lowest BCUT2D eigenvalue weighted by Crippen LogP contribution is -1.96. The van der Waals surface area contributed by atoms with Crippen LogP contribution in [0.1, 0.15) is 25.5 Å². The zero-order valence-corrected chi connectivity index (χ0v) is 10.3. The lowest BCUT2D eigenvalue weighted by Gasteiger charge is -1.97. The van der Waals surface area contributed by atoms with Crippen molar-refractivity contribution in [1.82, 2.24) is 9.38 Å². The number of nitrogens with two attached hydrogens (primary N) is 1. The van der Waals surface area contributed by atoms with Crippen LogP contribution in [0.4, 0.5) is 5.82 Å². The molecule has 0 aliphatic carbocycles. The predicted molar refractivity (Wildman–Crippen MR) is 65.9 cm³/mol. The summed E-state index contributed by atoms with van der Waals surface area (Å²) in [6.45, 7) is 2.17. The molecule has 0 aliphatic heterocycles. The molecule has 2 aromatic heterocycles. The first-order valence-electron chi connectivity index (χ1n) is 5.15. The first-order chi connectivity index (χ1) is 7.24. The normalized spacial score (nSPS) is 11.1. The molecule has 2 aromatic rings. The molecular weight excluding hydrogens is 254 g/mol. The fourth-order valence-corrected chi connectivity index (χ4v) is 2.06. The molecule has 15 heavy (non-hydrogen) atoms. The number of hydrogen-bond acceptors (Lipinski definition) is 2. The number of rotatable bonds is 3. The number of imidazole rings is 1. The SMILES string of the molecule is CCCCc1nc2c(Br)cccn2c1N. The summed E-state index contributed by atoms with van der Waals surface area (Å²) < 4.78 is 2.91. The van der Waals surface area contributed by atoms with E-state index in [2.05, 4.69) is 27.8 Å². The number of nitrogens with zero attached hydrogens (tertiary/aromatic N) is 2. The van der Waals surface area contributed by atoms with E-state index in [1.165, 1.54) is 0 Å². The summed E-state index contributed by atoms with van der Waals surface area (Å²) in [7, 11) is 0. The highest BCUT2D eigenvalue weighted by Crippen LogP contribution is 2.22. The standard InChI is InChI=1S/C11H14BrN3/c1-2-3-6-9-10(13)15-7-4-5-8(12)11(15)14-9/h4-5,7H,2-3,6,13H2,1H3. The molecule has 3 nitrogen and oxygen atoms in total. The van der Waals surface area contributed by atoms with Crippen molar-refractivity contribution in [3.05, 3.63) is 28.5 Å². The molecule has 0 saturated heterocycles. The van der Waals surface area contributed by atoms with Gasteiger partial charge < -0.3 is 5.73 Å². The highest BCUT2D eigenvalue weighted by molar-refractivity contribution is 9.10. The van der Waals surface area contributed by atoms with E-state index < -0.39 is 0 Å². The largest absolute Gasteiger partial charge is 0.383 e. The Morgan fingerprint density at radius 1 is 1.53 bits per heavy atom. The number of aryl methyl sites for hydroxylation is 1. The summed E-state index contributed by atoms with van der Waals surface area (Å²) in [6.07, 6.45) is 5.19. The quantitative estimate of drug-likeness (QED) is 0.929. The molecule has 2 heterocycles. The first kappa shape index (κ1) is 10.5. The number of aromatic nitrogens is 2. The maximum atomic E-state index is 6.03. The first-order valence-corrected chi connectivity index (χ1v) is 5.94. The van der Waals surface area contributed by atoms with Crippen molar-refractivity contribution in [2.75, 3.05) is 5.73 Å². The van der Waals surface area contributed by atoms with Crippen LogP contribution in [-0.2, 0) is 6.42 Å². The topological polar surface area (TPSA) is 43.3 Å². The van der Waals surface area contributed by atoms with Gasteiger partial charge in [0.25, 0.3) is 0 Å². The van der Waals surface area contributed by atoms with Crippen molar-refractivity contribution in [3.8, 4) is 0 Å². The van der Waals surface area contributed by atoms with Crippen LogP contribution in [0, 0.1) is 0 Å². The van der Waals surface area contributed by atoms with Gasteiger partial charge in [-0.2, -0.15) is 0 Å². The maximum Gasteiger partial charge on any atom is 0.153 e. The number of unbranched alkanes of at least 4 members (excludes halogenated alkanes) is 1. The Labute approximate surface area is 97.4 Å². The summed E-state index contributed by atoms with van der Waals surface area (Å²) in [5.74, 6) is 0.764. The third-order valence-corrected chi connectivity index (χ3v) is 3.10. The zero-order chi connectivity index (χ0) is 10.8. The van der Waals surface area contributed by atoms with Crippen molar-refractivity contribution in [3.63, 3.8) is 0 Å². The van der Waals surface area contributed by atoms with E-state index in [-0.39, 0.29) is 0 Å². The van der Waals surface area contributed by atoms with Crippen LogP contribution in [0.3, 0.4) is 0 Å². The smallest absolute Gasteiger partial charge is 0.153 e. The van der Waals surface area contributed by atoms with Gasteiger partial charge in [0.1, 0.15) is 5.82 Å². The Bertz CT molecular complexity index is 476. The van der Waals surface area contributed by atoms with Gasteiger partial charge in [-0.15, -0.1) is 0 Å². The second kappa shape index (κ2) is 4.23. The average molecular weight is 268 g/mol. The Morgan fingerprint density at radius 2 is 2.33 bits per heavy atom. The number of fused-ring (bicyclic) bond motifs is 1. The lowest BCUT2D eigenvalue weighted by molar-refractivity contribution is 0.783. The van der Waals surface area contributed by atoms with E-state index in [1.54, 1.807) is 0 Å². The van der Waals surface area contributed by atoms with Gasteiger partial charge in [-0.1, -0.05) is 13.3 Å². The van der Waals surface area contributed by atoms with Gasteiger partial charge in [0.05, 0.1) is 10.2 Å². The Kier molecular flexibility index (Phi) is 2.95. The van der Waals surface area contributed by atoms with E-state index in [0.29, 0.717) is 0 Å². The predicted octanol–water partition coefficient (Wildman–Crippen LogP) is 3.02. The lowest BCUT2D eigenvalue weighted by atomic mass is 10.2. The fourth-order valence-electron chi connectivity index (χ4n) is 1.63. The Hall–Kier alpha value is -1.03. The monoisotopic (exact) mass is 267 g/mol. The minimum Gasteiger partial charge on any atom is -0.383 e. The minimum absolute atomic E-state index is 0.764. The molecule has 0 radical (unpaired) electrons. The van der Waals surface area contributed by atoms with Crippen molar-refractivity contribution < 1.29 is 0 Å². The number of hydrogen-bond donors (Lipinski definition) is 1. The van der Waals surface area contributed by atoms with Crippen LogP contribution in [-0.4, -0.2) is 9.38 Å². The van der Waals surface area contributed by atoms with Crippen molar-refractivity contribution in [2.45, 2.75) is 26.2 Å². The van der Waals surface area contributed by atoms with Crippen LogP contribution in [0.15, 0.2) is 22.8 Å². The van der Waals surface area contributed by atoms with Crippen molar-refractivity contribution >= 4 is 27.4 Å². The van der Waals surface area contributed by atoms with Crippen LogP contribution in [0.25, 0.3) is 5.65 Å². The molecule has 0 unspecified atom stereocenters. The highest BCUT2D eigenvalue weighted by Gasteiger charge is 2.09. The maximum absolute atomic E-state index is 6.03. The van der Waals surface area contributed by atoms with Crippen molar-refractivity contribution in [1.29, 1.82) is 0 Å². The van der Waals surface area contributed by atoms with Gasteiger partial charge in [-0.05, 0) is 40.9 Å². The summed E-state index contributed by atoms with van der Waals surface area (Å²) >= 11 is 3.47. The molecule has 0 aliphatic rings. The summed E-state index contributed by atoms with van der Waals surface area (Å²) in [5.41, 5.74) is 7.94.